The van der Waals surface area contributed by atoms with Crippen LogP contribution in [0.5, 0.6) is 5.75 Å². The Morgan fingerprint density at radius 3 is 2.33 bits per heavy atom. The topological polar surface area (TPSA) is 48.1 Å². The fourth-order valence-corrected chi connectivity index (χ4v) is 6.03. The van der Waals surface area contributed by atoms with Gasteiger partial charge < -0.3 is 19.9 Å². The number of hydrogen-bond acceptors (Lipinski definition) is 5. The van der Waals surface area contributed by atoms with Gasteiger partial charge in [0, 0.05) is 68.6 Å². The second kappa shape index (κ2) is 14.7. The highest BCUT2D eigenvalue weighted by Gasteiger charge is 2.35. The summed E-state index contributed by atoms with van der Waals surface area (Å²) in [5.41, 5.74) is 3.55. The third-order valence-electron chi connectivity index (χ3n) is 8.09. The Bertz CT molecular complexity index is 1210. The lowest BCUT2D eigenvalue weighted by Crippen LogP contribution is -2.57. The summed E-state index contributed by atoms with van der Waals surface area (Å²) in [5, 5.41) is 4.43. The minimum absolute atomic E-state index is 0. The number of rotatable bonds is 9. The molecule has 40 heavy (non-hydrogen) atoms. The summed E-state index contributed by atoms with van der Waals surface area (Å²) in [5.74, 6) is 1.46. The van der Waals surface area contributed by atoms with E-state index in [-0.39, 0.29) is 24.4 Å². The first-order chi connectivity index (χ1) is 19.1. The number of piperazine rings is 1. The monoisotopic (exact) mass is 582 g/mol. The predicted molar refractivity (Wildman–Crippen MR) is 166 cm³/mol. The molecule has 2 saturated heterocycles. The minimum atomic E-state index is -0.188. The van der Waals surface area contributed by atoms with Crippen LogP contribution in [0, 0.1) is 5.92 Å². The summed E-state index contributed by atoms with van der Waals surface area (Å²) in [4.78, 5) is 20.8. The third kappa shape index (κ3) is 7.70. The number of anilines is 1. The van der Waals surface area contributed by atoms with Gasteiger partial charge in [-0.2, -0.15) is 0 Å². The van der Waals surface area contributed by atoms with Crippen LogP contribution < -0.4 is 15.0 Å². The molecule has 2 heterocycles. The van der Waals surface area contributed by atoms with Crippen LogP contribution in [0.1, 0.15) is 24.0 Å². The van der Waals surface area contributed by atoms with Crippen LogP contribution in [0.25, 0.3) is 0 Å². The molecule has 0 bridgehead atoms. The molecule has 1 N–H and O–H groups in total. The van der Waals surface area contributed by atoms with Crippen molar-refractivity contribution in [1.82, 2.24) is 15.1 Å². The SMILES string of the molecule is COc1ccccc1CN1CCN(C(=O)[C@H](NCc2ccccc2)C2CCN(c3cccc(Cl)c3)CC2)CC1.Cl. The summed E-state index contributed by atoms with van der Waals surface area (Å²) in [7, 11) is 1.72. The molecule has 0 spiro atoms. The number of ether oxygens (including phenoxy) is 1. The molecule has 0 unspecified atom stereocenters. The number of benzene rings is 3. The van der Waals surface area contributed by atoms with Gasteiger partial charge in [0.05, 0.1) is 13.2 Å². The van der Waals surface area contributed by atoms with E-state index in [4.69, 9.17) is 16.3 Å². The van der Waals surface area contributed by atoms with Gasteiger partial charge in [0.25, 0.3) is 0 Å². The van der Waals surface area contributed by atoms with Crippen LogP contribution in [0.2, 0.25) is 5.02 Å². The number of nitrogens with one attached hydrogen (secondary N) is 1. The molecule has 1 amide bonds. The van der Waals surface area contributed by atoms with Gasteiger partial charge in [0.2, 0.25) is 5.91 Å². The fourth-order valence-electron chi connectivity index (χ4n) is 5.84. The Kier molecular flexibility index (Phi) is 11.1. The summed E-state index contributed by atoms with van der Waals surface area (Å²) in [6, 6.07) is 26.4. The Morgan fingerprint density at radius 1 is 0.925 bits per heavy atom. The van der Waals surface area contributed by atoms with Gasteiger partial charge in [-0.25, -0.2) is 0 Å². The van der Waals surface area contributed by atoms with Gasteiger partial charge in [0.1, 0.15) is 5.75 Å². The normalized spacial score (nSPS) is 17.2. The van der Waals surface area contributed by atoms with Crippen molar-refractivity contribution in [2.75, 3.05) is 51.3 Å². The lowest BCUT2D eigenvalue weighted by Gasteiger charge is -2.41. The van der Waals surface area contributed by atoms with Gasteiger partial charge >= 0.3 is 0 Å². The molecule has 2 fully saturated rings. The Labute approximate surface area is 249 Å². The van der Waals surface area contributed by atoms with Crippen LogP contribution in [-0.2, 0) is 17.9 Å². The van der Waals surface area contributed by atoms with E-state index in [0.29, 0.717) is 12.5 Å². The second-order valence-corrected chi connectivity index (χ2v) is 11.0. The van der Waals surface area contributed by atoms with Gasteiger partial charge in [-0.1, -0.05) is 66.2 Å². The summed E-state index contributed by atoms with van der Waals surface area (Å²) in [6.07, 6.45) is 1.94. The lowest BCUT2D eigenvalue weighted by molar-refractivity contribution is -0.137. The maximum absolute atomic E-state index is 14.0. The first kappa shape index (κ1) is 30.2. The molecule has 214 valence electrons. The van der Waals surface area contributed by atoms with E-state index >= 15 is 0 Å². The van der Waals surface area contributed by atoms with Gasteiger partial charge in [-0.3, -0.25) is 9.69 Å². The van der Waals surface area contributed by atoms with E-state index in [0.717, 1.165) is 75.1 Å². The van der Waals surface area contributed by atoms with Crippen LogP contribution in [0.4, 0.5) is 5.69 Å². The smallest absolute Gasteiger partial charge is 0.240 e. The average molecular weight is 584 g/mol. The lowest BCUT2D eigenvalue weighted by atomic mass is 9.87. The van der Waals surface area contributed by atoms with E-state index in [9.17, 15) is 4.79 Å². The number of piperidine rings is 1. The molecule has 0 radical (unpaired) electrons. The second-order valence-electron chi connectivity index (χ2n) is 10.6. The van der Waals surface area contributed by atoms with Crippen LogP contribution in [-0.4, -0.2) is 68.1 Å². The average Bonchev–Trinajstić information content (AvgIpc) is 2.99. The van der Waals surface area contributed by atoms with Crippen molar-refractivity contribution in [3.8, 4) is 5.75 Å². The number of carbonyl (C=O) groups is 1. The van der Waals surface area contributed by atoms with Crippen LogP contribution in [0.15, 0.2) is 78.9 Å². The maximum Gasteiger partial charge on any atom is 0.240 e. The molecule has 1 atom stereocenters. The first-order valence-electron chi connectivity index (χ1n) is 14.0. The molecule has 2 aliphatic rings. The van der Waals surface area contributed by atoms with Crippen molar-refractivity contribution in [3.05, 3.63) is 95.0 Å². The quantitative estimate of drug-likeness (QED) is 0.361. The molecule has 5 rings (SSSR count). The zero-order valence-corrected chi connectivity index (χ0v) is 24.7. The number of nitrogens with zero attached hydrogens (tertiary/aromatic N) is 3. The maximum atomic E-state index is 14.0. The van der Waals surface area contributed by atoms with Crippen molar-refractivity contribution in [3.63, 3.8) is 0 Å². The largest absolute Gasteiger partial charge is 0.496 e. The summed E-state index contributed by atoms with van der Waals surface area (Å²) in [6.45, 7) is 6.61. The zero-order chi connectivity index (χ0) is 27.0. The molecular weight excluding hydrogens is 543 g/mol. The highest BCUT2D eigenvalue weighted by atomic mass is 35.5. The number of amides is 1. The molecule has 6 nitrogen and oxygen atoms in total. The Morgan fingerprint density at radius 2 is 1.62 bits per heavy atom. The molecule has 0 aromatic heterocycles. The summed E-state index contributed by atoms with van der Waals surface area (Å²) >= 11 is 6.24. The summed E-state index contributed by atoms with van der Waals surface area (Å²) < 4.78 is 5.54. The number of hydrogen-bond donors (Lipinski definition) is 1. The van der Waals surface area contributed by atoms with E-state index in [1.165, 1.54) is 11.1 Å². The van der Waals surface area contributed by atoms with Crippen molar-refractivity contribution >= 4 is 35.6 Å². The highest BCUT2D eigenvalue weighted by molar-refractivity contribution is 6.30. The molecule has 3 aromatic carbocycles. The highest BCUT2D eigenvalue weighted by Crippen LogP contribution is 2.28. The van der Waals surface area contributed by atoms with Gasteiger partial charge in [-0.15, -0.1) is 12.4 Å². The van der Waals surface area contributed by atoms with Crippen molar-refractivity contribution < 1.29 is 9.53 Å². The van der Waals surface area contributed by atoms with Crippen molar-refractivity contribution in [1.29, 1.82) is 0 Å². The Hall–Kier alpha value is -2.77. The molecule has 0 saturated carbocycles. The number of halogens is 2. The van der Waals surface area contributed by atoms with E-state index in [1.54, 1.807) is 7.11 Å². The van der Waals surface area contributed by atoms with E-state index in [1.807, 2.05) is 36.4 Å². The molecule has 0 aliphatic carbocycles. The Balaban J connectivity index is 0.00000370. The third-order valence-corrected chi connectivity index (χ3v) is 8.32. The minimum Gasteiger partial charge on any atom is -0.496 e. The standard InChI is InChI=1S/C32H39ClN4O2.ClH/c1-39-30-13-6-5-10-27(30)24-35-18-20-37(21-19-35)32(38)31(34-23-25-8-3-2-4-9-25)26-14-16-36(17-15-26)29-12-7-11-28(33)22-29;/h2-13,22,26,31,34H,14-21,23-24H2,1H3;1H/t31-;/m1./s1. The van der Waals surface area contributed by atoms with Crippen LogP contribution in [0.3, 0.4) is 0 Å². The number of methoxy groups -OCH3 is 1. The van der Waals surface area contributed by atoms with E-state index in [2.05, 4.69) is 62.5 Å². The molecule has 3 aromatic rings. The molecule has 8 heteroatoms. The predicted octanol–water partition coefficient (Wildman–Crippen LogP) is 5.49. The van der Waals surface area contributed by atoms with Gasteiger partial charge in [-0.05, 0) is 48.6 Å². The van der Waals surface area contributed by atoms with Crippen molar-refractivity contribution in [2.24, 2.45) is 5.92 Å². The number of para-hydroxylation sites is 1. The van der Waals surface area contributed by atoms with Crippen molar-refractivity contribution in [2.45, 2.75) is 32.0 Å². The van der Waals surface area contributed by atoms with E-state index < -0.39 is 0 Å². The van der Waals surface area contributed by atoms with Gasteiger partial charge in [0.15, 0.2) is 0 Å². The van der Waals surface area contributed by atoms with Crippen LogP contribution >= 0.6 is 24.0 Å². The zero-order valence-electron chi connectivity index (χ0n) is 23.2. The first-order valence-corrected chi connectivity index (χ1v) is 14.4. The molecular formula is C32H40Cl2N4O2. The fraction of sp³-hybridized carbons (Fsp3) is 0.406. The number of carbonyl (C=O) groups excluding carboxylic acids is 1. The molecule has 2 aliphatic heterocycles.